The molecule has 0 aliphatic carbocycles. The molecule has 0 saturated carbocycles. The second-order valence-electron chi connectivity index (χ2n) is 3.29. The molecule has 5 nitrogen and oxygen atoms in total. The summed E-state index contributed by atoms with van der Waals surface area (Å²) in [4.78, 5) is 4.13. The molecule has 5 heteroatoms. The highest BCUT2D eigenvalue weighted by molar-refractivity contribution is 5.55. The fourth-order valence-electron chi connectivity index (χ4n) is 1.15. The van der Waals surface area contributed by atoms with E-state index in [9.17, 15) is 0 Å². The van der Waals surface area contributed by atoms with Crippen LogP contribution in [-0.2, 0) is 0 Å². The lowest BCUT2D eigenvalue weighted by Gasteiger charge is -1.94. The summed E-state index contributed by atoms with van der Waals surface area (Å²) in [6.07, 6.45) is 0. The molecular weight excluding hydrogens is 194 g/mol. The van der Waals surface area contributed by atoms with Gasteiger partial charge in [-0.15, -0.1) is 0 Å². The monoisotopic (exact) mass is 205 g/mol. The Hall–Kier alpha value is -1.88. The van der Waals surface area contributed by atoms with Gasteiger partial charge >= 0.3 is 0 Å². The first-order chi connectivity index (χ1) is 7.16. The van der Waals surface area contributed by atoms with Crippen molar-refractivity contribution in [1.29, 1.82) is 0 Å². The number of nitrogens with zero attached hydrogens (tertiary/aromatic N) is 2. The summed E-state index contributed by atoms with van der Waals surface area (Å²) in [5.74, 6) is 1.08. The van der Waals surface area contributed by atoms with E-state index in [1.807, 2.05) is 0 Å². The second kappa shape index (κ2) is 3.70. The summed E-state index contributed by atoms with van der Waals surface area (Å²) in [5.41, 5.74) is 6.37. The smallest absolute Gasteiger partial charge is 0.243 e. The number of hydrogen-bond donors (Lipinski definition) is 2. The maximum atomic E-state index is 9.11. The Kier molecular flexibility index (Phi) is 2.39. The Morgan fingerprint density at radius 2 is 2.00 bits per heavy atom. The first-order valence-electron chi connectivity index (χ1n) is 4.55. The van der Waals surface area contributed by atoms with E-state index in [1.165, 1.54) is 0 Å². The molecule has 0 bridgehead atoms. The highest BCUT2D eigenvalue weighted by Crippen LogP contribution is 2.20. The second-order valence-corrected chi connectivity index (χ2v) is 3.29. The largest absolute Gasteiger partial charge is 0.508 e. The van der Waals surface area contributed by atoms with Crippen LogP contribution in [0.25, 0.3) is 11.4 Å². The molecule has 0 aliphatic rings. The van der Waals surface area contributed by atoms with E-state index in [-0.39, 0.29) is 11.8 Å². The van der Waals surface area contributed by atoms with Gasteiger partial charge in [-0.05, 0) is 31.2 Å². The molecule has 78 valence electrons. The van der Waals surface area contributed by atoms with Crippen molar-refractivity contribution in [2.75, 3.05) is 0 Å². The van der Waals surface area contributed by atoms with Crippen LogP contribution in [-0.4, -0.2) is 15.2 Å². The van der Waals surface area contributed by atoms with Crippen LogP contribution >= 0.6 is 0 Å². The zero-order chi connectivity index (χ0) is 10.8. The first-order valence-corrected chi connectivity index (χ1v) is 4.55. The van der Waals surface area contributed by atoms with Gasteiger partial charge < -0.3 is 15.4 Å². The lowest BCUT2D eigenvalue weighted by Crippen LogP contribution is -2.04. The maximum Gasteiger partial charge on any atom is 0.243 e. The fourth-order valence-corrected chi connectivity index (χ4v) is 1.15. The van der Waals surface area contributed by atoms with Gasteiger partial charge in [0.2, 0.25) is 11.7 Å². The molecule has 1 atom stereocenters. The van der Waals surface area contributed by atoms with E-state index in [4.69, 9.17) is 15.4 Å². The van der Waals surface area contributed by atoms with Crippen LogP contribution in [0.15, 0.2) is 28.8 Å². The van der Waals surface area contributed by atoms with Crippen molar-refractivity contribution in [2.24, 2.45) is 5.73 Å². The minimum absolute atomic E-state index is 0.203. The first kappa shape index (κ1) is 9.67. The Bertz CT molecular complexity index is 448. The van der Waals surface area contributed by atoms with Crippen LogP contribution in [0.2, 0.25) is 0 Å². The molecule has 0 unspecified atom stereocenters. The zero-order valence-corrected chi connectivity index (χ0v) is 8.21. The van der Waals surface area contributed by atoms with Crippen molar-refractivity contribution in [2.45, 2.75) is 13.0 Å². The lowest BCUT2D eigenvalue weighted by molar-refractivity contribution is 0.362. The van der Waals surface area contributed by atoms with E-state index < -0.39 is 0 Å². The predicted octanol–water partition coefficient (Wildman–Crippen LogP) is 1.46. The Labute approximate surface area is 86.5 Å². The van der Waals surface area contributed by atoms with Crippen LogP contribution in [0.5, 0.6) is 5.75 Å². The van der Waals surface area contributed by atoms with Gasteiger partial charge in [0.15, 0.2) is 0 Å². The minimum Gasteiger partial charge on any atom is -0.508 e. The van der Waals surface area contributed by atoms with E-state index in [0.29, 0.717) is 11.7 Å². The van der Waals surface area contributed by atoms with Gasteiger partial charge in [-0.2, -0.15) is 4.98 Å². The number of nitrogens with two attached hydrogens (primary N) is 1. The molecule has 0 aliphatic heterocycles. The standard InChI is InChI=1S/C10H11N3O2/c1-6(11)10-12-9(13-15-10)7-2-4-8(14)5-3-7/h2-6,14H,11H2,1H3/t6-/m1/s1. The third kappa shape index (κ3) is 1.97. The molecule has 2 rings (SSSR count). The third-order valence-electron chi connectivity index (χ3n) is 1.96. The quantitative estimate of drug-likeness (QED) is 0.775. The molecule has 3 N–H and O–H groups in total. The predicted molar refractivity (Wildman–Crippen MR) is 54.0 cm³/mol. The summed E-state index contributed by atoms with van der Waals surface area (Å²) in [6, 6.07) is 6.29. The number of rotatable bonds is 2. The molecule has 15 heavy (non-hydrogen) atoms. The van der Waals surface area contributed by atoms with Gasteiger partial charge in [-0.25, -0.2) is 0 Å². The average Bonchev–Trinajstić information content (AvgIpc) is 2.68. The Balaban J connectivity index is 2.33. The fraction of sp³-hybridized carbons (Fsp3) is 0.200. The zero-order valence-electron chi connectivity index (χ0n) is 8.21. The number of aromatic nitrogens is 2. The molecule has 1 heterocycles. The summed E-state index contributed by atoms with van der Waals surface area (Å²) in [6.45, 7) is 1.77. The van der Waals surface area contributed by atoms with Crippen LogP contribution in [0.3, 0.4) is 0 Å². The average molecular weight is 205 g/mol. The third-order valence-corrected chi connectivity index (χ3v) is 1.96. The van der Waals surface area contributed by atoms with Gasteiger partial charge in [0.25, 0.3) is 0 Å². The summed E-state index contributed by atoms with van der Waals surface area (Å²) in [7, 11) is 0. The van der Waals surface area contributed by atoms with Crippen molar-refractivity contribution >= 4 is 0 Å². The van der Waals surface area contributed by atoms with E-state index in [0.717, 1.165) is 5.56 Å². The highest BCUT2D eigenvalue weighted by Gasteiger charge is 2.11. The molecule has 0 saturated heterocycles. The maximum absolute atomic E-state index is 9.11. The van der Waals surface area contributed by atoms with Gasteiger partial charge in [0, 0.05) is 5.56 Å². The molecule has 1 aromatic heterocycles. The Morgan fingerprint density at radius 1 is 1.33 bits per heavy atom. The van der Waals surface area contributed by atoms with Crippen LogP contribution in [0.1, 0.15) is 18.9 Å². The highest BCUT2D eigenvalue weighted by atomic mass is 16.5. The van der Waals surface area contributed by atoms with Crippen molar-refractivity contribution in [1.82, 2.24) is 10.1 Å². The SMILES string of the molecule is C[C@@H](N)c1nc(-c2ccc(O)cc2)no1. The summed E-state index contributed by atoms with van der Waals surface area (Å²) in [5, 5.41) is 12.9. The van der Waals surface area contributed by atoms with Gasteiger partial charge in [0.1, 0.15) is 5.75 Å². The molecule has 0 spiro atoms. The summed E-state index contributed by atoms with van der Waals surface area (Å²) < 4.78 is 4.96. The van der Waals surface area contributed by atoms with Crippen molar-refractivity contribution in [3.63, 3.8) is 0 Å². The van der Waals surface area contributed by atoms with Gasteiger partial charge in [-0.1, -0.05) is 5.16 Å². The Morgan fingerprint density at radius 3 is 2.53 bits per heavy atom. The van der Waals surface area contributed by atoms with Crippen LogP contribution < -0.4 is 5.73 Å². The number of phenols is 1. The molecule has 0 amide bonds. The molecule has 0 radical (unpaired) electrons. The molecular formula is C10H11N3O2. The van der Waals surface area contributed by atoms with Crippen LogP contribution in [0.4, 0.5) is 0 Å². The van der Waals surface area contributed by atoms with Gasteiger partial charge in [-0.3, -0.25) is 0 Å². The van der Waals surface area contributed by atoms with E-state index >= 15 is 0 Å². The number of phenolic OH excluding ortho intramolecular Hbond substituents is 1. The molecule has 2 aromatic rings. The topological polar surface area (TPSA) is 85.2 Å². The summed E-state index contributed by atoms with van der Waals surface area (Å²) >= 11 is 0. The normalized spacial score (nSPS) is 12.7. The van der Waals surface area contributed by atoms with Crippen molar-refractivity contribution < 1.29 is 9.63 Å². The molecule has 0 fully saturated rings. The molecule has 1 aromatic carbocycles. The van der Waals surface area contributed by atoms with E-state index in [1.54, 1.807) is 31.2 Å². The van der Waals surface area contributed by atoms with Crippen LogP contribution in [0, 0.1) is 0 Å². The number of benzene rings is 1. The number of hydrogen-bond acceptors (Lipinski definition) is 5. The minimum atomic E-state index is -0.275. The lowest BCUT2D eigenvalue weighted by atomic mass is 10.2. The van der Waals surface area contributed by atoms with Crippen molar-refractivity contribution in [3.8, 4) is 17.1 Å². The number of aromatic hydroxyl groups is 1. The van der Waals surface area contributed by atoms with E-state index in [2.05, 4.69) is 10.1 Å². The van der Waals surface area contributed by atoms with Gasteiger partial charge in [0.05, 0.1) is 6.04 Å². The van der Waals surface area contributed by atoms with Crippen molar-refractivity contribution in [3.05, 3.63) is 30.2 Å².